The van der Waals surface area contributed by atoms with Gasteiger partial charge in [-0.05, 0) is 12.1 Å². The van der Waals surface area contributed by atoms with Crippen molar-refractivity contribution in [3.8, 4) is 5.75 Å². The molecule has 1 unspecified atom stereocenters. The first-order valence-corrected chi connectivity index (χ1v) is 3.46. The standard InChI is InChI=1S/C8H11NO2/c1-9(10)7-11-8-5-3-2-4-6-8/h2-6,9H,7H2,1H3. The quantitative estimate of drug-likeness (QED) is 0.491. The third-order valence-corrected chi connectivity index (χ3v) is 1.19. The lowest BCUT2D eigenvalue weighted by atomic mass is 10.3. The molecular weight excluding hydrogens is 142 g/mol. The van der Waals surface area contributed by atoms with Crippen molar-refractivity contribution in [2.75, 3.05) is 13.8 Å². The van der Waals surface area contributed by atoms with Crippen LogP contribution < -0.4 is 9.80 Å². The lowest BCUT2D eigenvalue weighted by Crippen LogP contribution is -3.04. The van der Waals surface area contributed by atoms with E-state index in [-0.39, 0.29) is 11.8 Å². The molecule has 1 rings (SSSR count). The molecular formula is C8H11NO2. The number of hydrogen-bond donors (Lipinski definition) is 1. The van der Waals surface area contributed by atoms with E-state index in [1.165, 1.54) is 7.05 Å². The van der Waals surface area contributed by atoms with Gasteiger partial charge in [-0.15, -0.1) is 0 Å². The van der Waals surface area contributed by atoms with Gasteiger partial charge < -0.3 is 15.0 Å². The Balaban J connectivity index is 2.39. The maximum atomic E-state index is 10.5. The molecule has 11 heavy (non-hydrogen) atoms. The number of hydrogen-bond acceptors (Lipinski definition) is 2. The normalized spacial score (nSPS) is 12.5. The second-order valence-corrected chi connectivity index (χ2v) is 2.30. The van der Waals surface area contributed by atoms with Crippen LogP contribution in [-0.2, 0) is 0 Å². The molecule has 1 atom stereocenters. The van der Waals surface area contributed by atoms with Crippen molar-refractivity contribution in [1.82, 2.24) is 0 Å². The zero-order valence-corrected chi connectivity index (χ0v) is 6.41. The Labute approximate surface area is 65.8 Å². The molecule has 0 aliphatic rings. The first-order valence-electron chi connectivity index (χ1n) is 3.46. The van der Waals surface area contributed by atoms with Gasteiger partial charge in [0.15, 0.2) is 0 Å². The Morgan fingerprint density at radius 2 is 2.00 bits per heavy atom. The van der Waals surface area contributed by atoms with Crippen LogP contribution in [0.4, 0.5) is 0 Å². The van der Waals surface area contributed by atoms with E-state index < -0.39 is 0 Å². The van der Waals surface area contributed by atoms with Crippen LogP contribution in [-0.4, -0.2) is 13.8 Å². The first-order chi connectivity index (χ1) is 5.29. The molecule has 0 amide bonds. The SMILES string of the molecule is C[NH+]([O-])COc1ccccc1. The molecule has 0 aliphatic carbocycles. The Bertz CT molecular complexity index is 199. The van der Waals surface area contributed by atoms with Gasteiger partial charge in [-0.3, -0.25) is 0 Å². The largest absolute Gasteiger partial charge is 0.632 e. The summed E-state index contributed by atoms with van der Waals surface area (Å²) in [5.74, 6) is 0.739. The molecule has 0 spiro atoms. The van der Waals surface area contributed by atoms with Crippen molar-refractivity contribution >= 4 is 0 Å². The minimum Gasteiger partial charge on any atom is -0.632 e. The third-order valence-electron chi connectivity index (χ3n) is 1.19. The summed E-state index contributed by atoms with van der Waals surface area (Å²) in [6.07, 6.45) is 0. The van der Waals surface area contributed by atoms with E-state index in [9.17, 15) is 5.21 Å². The number of para-hydroxylation sites is 1. The van der Waals surface area contributed by atoms with E-state index in [2.05, 4.69) is 0 Å². The maximum absolute atomic E-state index is 10.5. The molecule has 0 saturated heterocycles. The van der Waals surface area contributed by atoms with Crippen molar-refractivity contribution in [2.24, 2.45) is 0 Å². The van der Waals surface area contributed by atoms with Crippen molar-refractivity contribution in [1.29, 1.82) is 0 Å². The van der Waals surface area contributed by atoms with Gasteiger partial charge in [0.2, 0.25) is 6.73 Å². The van der Waals surface area contributed by atoms with E-state index in [1.54, 1.807) is 0 Å². The van der Waals surface area contributed by atoms with Crippen molar-refractivity contribution in [3.05, 3.63) is 35.5 Å². The number of quaternary nitrogens is 1. The number of nitrogens with one attached hydrogen (secondary N) is 1. The summed E-state index contributed by atoms with van der Waals surface area (Å²) in [5.41, 5.74) is 0. The van der Waals surface area contributed by atoms with E-state index in [0.29, 0.717) is 0 Å². The average Bonchev–Trinajstić information content (AvgIpc) is 2.03. The van der Waals surface area contributed by atoms with E-state index in [0.717, 1.165) is 5.75 Å². The number of rotatable bonds is 3. The molecule has 1 aromatic rings. The molecule has 0 heterocycles. The van der Waals surface area contributed by atoms with E-state index >= 15 is 0 Å². The summed E-state index contributed by atoms with van der Waals surface area (Å²) in [7, 11) is 1.50. The van der Waals surface area contributed by atoms with Crippen molar-refractivity contribution < 1.29 is 9.80 Å². The van der Waals surface area contributed by atoms with E-state index in [4.69, 9.17) is 4.74 Å². The number of hydroxylamine groups is 2. The monoisotopic (exact) mass is 153 g/mol. The molecule has 1 N–H and O–H groups in total. The van der Waals surface area contributed by atoms with Crippen molar-refractivity contribution in [3.63, 3.8) is 0 Å². The summed E-state index contributed by atoms with van der Waals surface area (Å²) in [6, 6.07) is 9.29. The molecule has 0 aromatic heterocycles. The highest BCUT2D eigenvalue weighted by Gasteiger charge is 1.90. The topological polar surface area (TPSA) is 36.7 Å². The third kappa shape index (κ3) is 3.02. The molecule has 0 radical (unpaired) electrons. The fourth-order valence-corrected chi connectivity index (χ4v) is 0.702. The minimum absolute atomic E-state index is 0.0360. The van der Waals surface area contributed by atoms with Crippen LogP contribution in [0.15, 0.2) is 30.3 Å². The minimum atomic E-state index is 0.0360. The Kier molecular flexibility index (Phi) is 2.89. The number of ether oxygens (including phenoxy) is 1. The van der Waals surface area contributed by atoms with E-state index in [1.807, 2.05) is 30.3 Å². The molecule has 1 aromatic carbocycles. The van der Waals surface area contributed by atoms with Crippen LogP contribution in [0.1, 0.15) is 0 Å². The molecule has 0 aliphatic heterocycles. The number of benzene rings is 1. The highest BCUT2D eigenvalue weighted by Crippen LogP contribution is 2.06. The second kappa shape index (κ2) is 3.95. The summed E-state index contributed by atoms with van der Waals surface area (Å²) in [6.45, 7) is 0.157. The predicted octanol–water partition coefficient (Wildman–Crippen LogP) is 0.0354. The fourth-order valence-electron chi connectivity index (χ4n) is 0.702. The molecule has 0 fully saturated rings. The zero-order chi connectivity index (χ0) is 8.10. The van der Waals surface area contributed by atoms with Crippen LogP contribution in [0.2, 0.25) is 0 Å². The van der Waals surface area contributed by atoms with Gasteiger partial charge in [0.05, 0.1) is 7.05 Å². The van der Waals surface area contributed by atoms with Gasteiger partial charge in [-0.1, -0.05) is 18.2 Å². The second-order valence-electron chi connectivity index (χ2n) is 2.30. The smallest absolute Gasteiger partial charge is 0.221 e. The summed E-state index contributed by atoms with van der Waals surface area (Å²) < 4.78 is 5.12. The molecule has 0 saturated carbocycles. The average molecular weight is 153 g/mol. The van der Waals surface area contributed by atoms with Gasteiger partial charge in [-0.25, -0.2) is 0 Å². The lowest BCUT2D eigenvalue weighted by molar-refractivity contribution is -0.844. The Hall–Kier alpha value is -1.06. The van der Waals surface area contributed by atoms with Crippen LogP contribution >= 0.6 is 0 Å². The Morgan fingerprint density at radius 1 is 1.36 bits per heavy atom. The summed E-state index contributed by atoms with van der Waals surface area (Å²) >= 11 is 0. The molecule has 0 bridgehead atoms. The highest BCUT2D eigenvalue weighted by atomic mass is 16.6. The highest BCUT2D eigenvalue weighted by molar-refractivity contribution is 5.20. The maximum Gasteiger partial charge on any atom is 0.221 e. The van der Waals surface area contributed by atoms with Crippen LogP contribution in [0, 0.1) is 5.21 Å². The Morgan fingerprint density at radius 3 is 2.55 bits per heavy atom. The first kappa shape index (κ1) is 8.04. The molecule has 3 heteroatoms. The van der Waals surface area contributed by atoms with Gasteiger partial charge in [0.1, 0.15) is 5.75 Å². The van der Waals surface area contributed by atoms with Gasteiger partial charge in [0, 0.05) is 0 Å². The molecule has 60 valence electrons. The van der Waals surface area contributed by atoms with Crippen LogP contribution in [0.25, 0.3) is 0 Å². The summed E-state index contributed by atoms with van der Waals surface area (Å²) in [4.78, 5) is 0. The zero-order valence-electron chi connectivity index (χ0n) is 6.41. The summed E-state index contributed by atoms with van der Waals surface area (Å²) in [5, 5.41) is 10.5. The van der Waals surface area contributed by atoms with Gasteiger partial charge in [-0.2, -0.15) is 0 Å². The molecule has 3 nitrogen and oxygen atoms in total. The van der Waals surface area contributed by atoms with Gasteiger partial charge >= 0.3 is 0 Å². The van der Waals surface area contributed by atoms with Crippen LogP contribution in [0.3, 0.4) is 0 Å². The van der Waals surface area contributed by atoms with Gasteiger partial charge in [0.25, 0.3) is 0 Å². The van der Waals surface area contributed by atoms with Crippen LogP contribution in [0.5, 0.6) is 5.75 Å². The van der Waals surface area contributed by atoms with Crippen molar-refractivity contribution in [2.45, 2.75) is 0 Å². The fraction of sp³-hybridized carbons (Fsp3) is 0.250. The predicted molar refractivity (Wildman–Crippen MR) is 42.2 cm³/mol. The lowest BCUT2D eigenvalue weighted by Gasteiger charge is -2.15.